The van der Waals surface area contributed by atoms with Crippen molar-refractivity contribution >= 4 is 22.6 Å². The number of piperazine rings is 1. The zero-order chi connectivity index (χ0) is 21.4. The van der Waals surface area contributed by atoms with Crippen molar-refractivity contribution in [2.45, 2.75) is 25.3 Å². The van der Waals surface area contributed by atoms with Crippen molar-refractivity contribution in [2.24, 2.45) is 5.92 Å². The average Bonchev–Trinajstić information content (AvgIpc) is 3.62. The van der Waals surface area contributed by atoms with Crippen LogP contribution in [0.5, 0.6) is 5.75 Å². The number of carbonyl (C=O) groups excluding carboxylic acids is 1. The monoisotopic (exact) mass is 424 g/mol. The number of esters is 1. The number of halogens is 2. The summed E-state index contributed by atoms with van der Waals surface area (Å²) in [6.45, 7) is 1.69. The summed E-state index contributed by atoms with van der Waals surface area (Å²) in [5, 5.41) is 3.47. The summed E-state index contributed by atoms with van der Waals surface area (Å²) in [6.07, 6.45) is 7.00. The summed E-state index contributed by atoms with van der Waals surface area (Å²) in [7, 11) is 0. The maximum atomic E-state index is 15.6. The lowest BCUT2D eigenvalue weighted by Crippen LogP contribution is -2.53. The Kier molecular flexibility index (Phi) is 5.23. The summed E-state index contributed by atoms with van der Waals surface area (Å²) < 4.78 is 36.3. The molecule has 1 aromatic carbocycles. The van der Waals surface area contributed by atoms with Gasteiger partial charge in [-0.1, -0.05) is 0 Å². The zero-order valence-electron chi connectivity index (χ0n) is 16.9. The molecule has 2 aliphatic rings. The van der Waals surface area contributed by atoms with Crippen molar-refractivity contribution < 1.29 is 18.3 Å². The number of hydrogen-bond donors (Lipinski definition) is 1. The van der Waals surface area contributed by atoms with Crippen molar-refractivity contribution in [3.8, 4) is 5.75 Å². The second kappa shape index (κ2) is 8.19. The van der Waals surface area contributed by atoms with Crippen LogP contribution in [-0.4, -0.2) is 41.6 Å². The number of aromatic nitrogens is 2. The molecule has 1 aliphatic heterocycles. The molecule has 1 aliphatic carbocycles. The third-order valence-electron chi connectivity index (χ3n) is 5.84. The molecule has 1 atom stereocenters. The first-order chi connectivity index (χ1) is 15.1. The largest absolute Gasteiger partial charge is 0.426 e. The van der Waals surface area contributed by atoms with E-state index in [-0.39, 0.29) is 40.3 Å². The Morgan fingerprint density at radius 3 is 2.77 bits per heavy atom. The fourth-order valence-electron chi connectivity index (χ4n) is 4.07. The maximum Gasteiger partial charge on any atom is 0.314 e. The van der Waals surface area contributed by atoms with Gasteiger partial charge in [-0.3, -0.25) is 14.8 Å². The van der Waals surface area contributed by atoms with Gasteiger partial charge in [0.15, 0.2) is 5.82 Å². The maximum absolute atomic E-state index is 15.6. The van der Waals surface area contributed by atoms with E-state index in [1.165, 1.54) is 18.3 Å². The molecule has 6 nitrogen and oxygen atoms in total. The van der Waals surface area contributed by atoms with Crippen LogP contribution in [0, 0.1) is 17.6 Å². The molecule has 0 bridgehead atoms. The van der Waals surface area contributed by atoms with Crippen LogP contribution in [0.2, 0.25) is 0 Å². The van der Waals surface area contributed by atoms with Gasteiger partial charge in [-0.15, -0.1) is 0 Å². The fraction of sp³-hybridized carbons (Fsp3) is 0.348. The van der Waals surface area contributed by atoms with Crippen LogP contribution in [0.15, 0.2) is 42.9 Å². The fourth-order valence-corrected chi connectivity index (χ4v) is 4.07. The number of pyridine rings is 2. The molecule has 5 rings (SSSR count). The van der Waals surface area contributed by atoms with Crippen molar-refractivity contribution in [1.82, 2.24) is 15.3 Å². The topological polar surface area (TPSA) is 67.3 Å². The number of rotatable bonds is 5. The van der Waals surface area contributed by atoms with E-state index in [9.17, 15) is 4.79 Å². The highest BCUT2D eigenvalue weighted by Gasteiger charge is 2.33. The summed E-state index contributed by atoms with van der Waals surface area (Å²) >= 11 is 0. The summed E-state index contributed by atoms with van der Waals surface area (Å²) in [5.74, 6) is -1.77. The van der Waals surface area contributed by atoms with Crippen molar-refractivity contribution in [2.75, 3.05) is 24.5 Å². The molecule has 31 heavy (non-hydrogen) atoms. The molecule has 3 heterocycles. The molecule has 3 aromatic rings. The van der Waals surface area contributed by atoms with Crippen molar-refractivity contribution in [1.29, 1.82) is 0 Å². The number of anilines is 1. The summed E-state index contributed by atoms with van der Waals surface area (Å²) in [6, 6.07) is 6.37. The van der Waals surface area contributed by atoms with Gasteiger partial charge in [0, 0.05) is 49.7 Å². The molecule has 0 spiro atoms. The van der Waals surface area contributed by atoms with E-state index in [1.807, 2.05) is 12.1 Å². The van der Waals surface area contributed by atoms with Crippen LogP contribution in [0.1, 0.15) is 18.4 Å². The molecule has 8 heteroatoms. The Hall–Kier alpha value is -3.13. The number of ether oxygens (including phenoxy) is 1. The first-order valence-electron chi connectivity index (χ1n) is 10.5. The molecule has 1 unspecified atom stereocenters. The van der Waals surface area contributed by atoms with Crippen LogP contribution in [-0.2, 0) is 11.2 Å². The van der Waals surface area contributed by atoms with Crippen LogP contribution in [0.25, 0.3) is 10.9 Å². The third kappa shape index (κ3) is 3.95. The van der Waals surface area contributed by atoms with E-state index in [4.69, 9.17) is 4.74 Å². The van der Waals surface area contributed by atoms with Crippen LogP contribution >= 0.6 is 0 Å². The van der Waals surface area contributed by atoms with Gasteiger partial charge >= 0.3 is 5.97 Å². The lowest BCUT2D eigenvalue weighted by atomic mass is 10.0. The van der Waals surface area contributed by atoms with Gasteiger partial charge in [-0.05, 0) is 49.1 Å². The number of hydrogen-bond acceptors (Lipinski definition) is 6. The van der Waals surface area contributed by atoms with Crippen LogP contribution < -0.4 is 15.0 Å². The molecular formula is C23H22F2N4O2. The molecule has 1 N–H and O–H groups in total. The molecule has 2 aromatic heterocycles. The Labute approximate surface area is 178 Å². The van der Waals surface area contributed by atoms with Gasteiger partial charge in [0.05, 0.1) is 5.92 Å². The lowest BCUT2D eigenvalue weighted by molar-refractivity contribution is -0.135. The van der Waals surface area contributed by atoms with Gasteiger partial charge < -0.3 is 15.0 Å². The molecule has 160 valence electrons. The molecule has 2 fully saturated rings. The summed E-state index contributed by atoms with van der Waals surface area (Å²) in [4.78, 5) is 22.0. The third-order valence-corrected chi connectivity index (χ3v) is 5.84. The van der Waals surface area contributed by atoms with E-state index in [0.717, 1.165) is 18.4 Å². The van der Waals surface area contributed by atoms with Gasteiger partial charge in [0.2, 0.25) is 0 Å². The molecule has 1 saturated heterocycles. The first kappa shape index (κ1) is 19.8. The minimum absolute atomic E-state index is 0.00121. The van der Waals surface area contributed by atoms with Gasteiger partial charge in [-0.2, -0.15) is 0 Å². The molecule has 0 amide bonds. The predicted octanol–water partition coefficient (Wildman–Crippen LogP) is 3.24. The number of benzene rings is 1. The molecule has 0 radical (unpaired) electrons. The van der Waals surface area contributed by atoms with Gasteiger partial charge in [0.1, 0.15) is 22.8 Å². The van der Waals surface area contributed by atoms with E-state index < -0.39 is 11.6 Å². The first-order valence-corrected chi connectivity index (χ1v) is 10.5. The van der Waals surface area contributed by atoms with E-state index in [1.54, 1.807) is 17.3 Å². The Morgan fingerprint density at radius 1 is 1.19 bits per heavy atom. The number of fused-ring (bicyclic) bond motifs is 1. The number of nitrogens with zero attached hydrogens (tertiary/aromatic N) is 3. The van der Waals surface area contributed by atoms with E-state index in [2.05, 4.69) is 15.3 Å². The highest BCUT2D eigenvalue weighted by molar-refractivity contribution is 5.91. The molecular weight excluding hydrogens is 402 g/mol. The van der Waals surface area contributed by atoms with E-state index in [0.29, 0.717) is 26.1 Å². The Balaban J connectivity index is 1.52. The highest BCUT2D eigenvalue weighted by atomic mass is 19.1. The zero-order valence-corrected chi connectivity index (χ0v) is 16.9. The Bertz CT molecular complexity index is 1120. The van der Waals surface area contributed by atoms with E-state index >= 15 is 8.78 Å². The van der Waals surface area contributed by atoms with Crippen molar-refractivity contribution in [3.63, 3.8) is 0 Å². The quantitative estimate of drug-likeness (QED) is 0.635. The average molecular weight is 424 g/mol. The minimum Gasteiger partial charge on any atom is -0.426 e. The standard InChI is InChI=1S/C23H22F2N4O2/c24-18-12-17-19(31-23(30)15-1-2-15)5-8-28-21(17)20(25)22(18)29-10-9-27-13-16(29)11-14-3-6-26-7-4-14/h3-8,12,15-16,27H,1-2,9-11,13H2. The lowest BCUT2D eigenvalue weighted by Gasteiger charge is -2.38. The second-order valence-corrected chi connectivity index (χ2v) is 8.03. The summed E-state index contributed by atoms with van der Waals surface area (Å²) in [5.41, 5.74) is 0.952. The second-order valence-electron chi connectivity index (χ2n) is 8.03. The smallest absolute Gasteiger partial charge is 0.314 e. The van der Waals surface area contributed by atoms with Gasteiger partial charge in [0.25, 0.3) is 0 Å². The van der Waals surface area contributed by atoms with Crippen LogP contribution in [0.4, 0.5) is 14.5 Å². The molecule has 1 saturated carbocycles. The van der Waals surface area contributed by atoms with Gasteiger partial charge in [-0.25, -0.2) is 8.78 Å². The van der Waals surface area contributed by atoms with Crippen molar-refractivity contribution in [3.05, 3.63) is 60.1 Å². The number of carbonyl (C=O) groups is 1. The highest BCUT2D eigenvalue weighted by Crippen LogP contribution is 2.37. The Morgan fingerprint density at radius 2 is 2.00 bits per heavy atom. The predicted molar refractivity (Wildman–Crippen MR) is 112 cm³/mol. The normalized spacial score (nSPS) is 18.9. The SMILES string of the molecule is O=C(Oc1ccnc2c(F)c(N3CCNCC3Cc3ccncc3)c(F)cc12)C1CC1. The minimum atomic E-state index is -0.735. The number of nitrogens with one attached hydrogen (secondary N) is 1. The van der Waals surface area contributed by atoms with Crippen LogP contribution in [0.3, 0.4) is 0 Å².